The summed E-state index contributed by atoms with van der Waals surface area (Å²) >= 11 is 0. The second-order valence-electron chi connectivity index (χ2n) is 6.23. The molecule has 0 aliphatic heterocycles. The molecule has 0 aromatic heterocycles. The first-order chi connectivity index (χ1) is 13.5. The van der Waals surface area contributed by atoms with Crippen LogP contribution in [0.25, 0.3) is 0 Å². The van der Waals surface area contributed by atoms with E-state index in [-0.39, 0.29) is 49.3 Å². The van der Waals surface area contributed by atoms with Gasteiger partial charge >= 0.3 is 0 Å². The summed E-state index contributed by atoms with van der Waals surface area (Å²) in [5, 5.41) is 30.3. The van der Waals surface area contributed by atoms with Crippen molar-refractivity contribution in [3.63, 3.8) is 0 Å². The molecule has 1 aliphatic rings. The van der Waals surface area contributed by atoms with Crippen molar-refractivity contribution in [3.8, 4) is 0 Å². The van der Waals surface area contributed by atoms with Crippen LogP contribution in [0.1, 0.15) is 6.92 Å². The van der Waals surface area contributed by atoms with Gasteiger partial charge in [-0.25, -0.2) is 0 Å². The van der Waals surface area contributed by atoms with Gasteiger partial charge in [0.25, 0.3) is 0 Å². The number of rotatable bonds is 11. The standard InChI is InChI=1S/C20H27N3O5/c1-2-22(7-10-24)18-14-19(27)17(13-20(18)28)21-15-3-5-16(6-4-15)23(8-11-25)9-12-26/h3-6,13-14,21,24-26H,2,7-12H2,1H3. The highest BCUT2D eigenvalue weighted by Crippen LogP contribution is 2.21. The summed E-state index contributed by atoms with van der Waals surface area (Å²) in [6, 6.07) is 7.15. The Morgan fingerprint density at radius 1 is 0.821 bits per heavy atom. The van der Waals surface area contributed by atoms with Gasteiger partial charge in [-0.05, 0) is 31.2 Å². The molecule has 0 saturated carbocycles. The van der Waals surface area contributed by atoms with Crippen LogP contribution in [0.5, 0.6) is 0 Å². The van der Waals surface area contributed by atoms with Crippen molar-refractivity contribution in [2.45, 2.75) is 6.92 Å². The molecular formula is C20H27N3O5. The summed E-state index contributed by atoms with van der Waals surface area (Å²) < 4.78 is 0. The van der Waals surface area contributed by atoms with E-state index in [1.807, 2.05) is 24.0 Å². The number of carbonyl (C=O) groups is 2. The summed E-state index contributed by atoms with van der Waals surface area (Å²) in [7, 11) is 0. The van der Waals surface area contributed by atoms with Crippen LogP contribution >= 0.6 is 0 Å². The average Bonchev–Trinajstić information content (AvgIpc) is 2.69. The lowest BCUT2D eigenvalue weighted by Crippen LogP contribution is -2.33. The zero-order chi connectivity index (χ0) is 20.5. The Morgan fingerprint density at radius 2 is 1.39 bits per heavy atom. The lowest BCUT2D eigenvalue weighted by molar-refractivity contribution is -0.116. The molecule has 4 N–H and O–H groups in total. The molecule has 0 unspecified atom stereocenters. The fraction of sp³-hybridized carbons (Fsp3) is 0.400. The first kappa shape index (κ1) is 21.6. The Hall–Kier alpha value is -2.68. The number of aliphatic hydroxyl groups excluding tert-OH is 3. The normalized spacial score (nSPS) is 13.9. The number of carbonyl (C=O) groups excluding carboxylic acids is 2. The fourth-order valence-electron chi connectivity index (χ4n) is 2.99. The van der Waals surface area contributed by atoms with Crippen LogP contribution in [0, 0.1) is 0 Å². The molecule has 0 bridgehead atoms. The zero-order valence-electron chi connectivity index (χ0n) is 16.0. The number of hydrogen-bond acceptors (Lipinski definition) is 8. The van der Waals surface area contributed by atoms with Crippen LogP contribution in [0.2, 0.25) is 0 Å². The largest absolute Gasteiger partial charge is 0.395 e. The number of benzene rings is 1. The van der Waals surface area contributed by atoms with Crippen LogP contribution in [-0.2, 0) is 9.59 Å². The van der Waals surface area contributed by atoms with Gasteiger partial charge < -0.3 is 30.4 Å². The first-order valence-electron chi connectivity index (χ1n) is 9.25. The molecule has 8 heteroatoms. The zero-order valence-corrected chi connectivity index (χ0v) is 16.0. The highest BCUT2D eigenvalue weighted by atomic mass is 16.3. The molecule has 0 amide bonds. The molecule has 1 aromatic carbocycles. The van der Waals surface area contributed by atoms with E-state index in [0.29, 0.717) is 25.3 Å². The number of nitrogens with zero attached hydrogens (tertiary/aromatic N) is 2. The summed E-state index contributed by atoms with van der Waals surface area (Å²) in [5.41, 5.74) is 1.94. The van der Waals surface area contributed by atoms with E-state index in [1.54, 1.807) is 17.0 Å². The molecule has 28 heavy (non-hydrogen) atoms. The fourth-order valence-corrected chi connectivity index (χ4v) is 2.99. The number of likely N-dealkylation sites (N-methyl/N-ethyl adjacent to an activating group) is 1. The Morgan fingerprint density at radius 3 is 1.93 bits per heavy atom. The van der Waals surface area contributed by atoms with Crippen molar-refractivity contribution in [2.24, 2.45) is 0 Å². The smallest absolute Gasteiger partial charge is 0.204 e. The molecule has 8 nitrogen and oxygen atoms in total. The van der Waals surface area contributed by atoms with Crippen LogP contribution in [-0.4, -0.2) is 77.8 Å². The minimum Gasteiger partial charge on any atom is -0.395 e. The molecule has 1 aliphatic carbocycles. The lowest BCUT2D eigenvalue weighted by Gasteiger charge is -2.25. The minimum atomic E-state index is -0.308. The molecule has 0 spiro atoms. The molecule has 0 radical (unpaired) electrons. The van der Waals surface area contributed by atoms with E-state index in [1.165, 1.54) is 12.2 Å². The second-order valence-corrected chi connectivity index (χ2v) is 6.23. The van der Waals surface area contributed by atoms with Gasteiger partial charge in [0.2, 0.25) is 11.6 Å². The molecule has 1 aromatic rings. The molecule has 0 atom stereocenters. The van der Waals surface area contributed by atoms with Crippen LogP contribution in [0.3, 0.4) is 0 Å². The maximum Gasteiger partial charge on any atom is 0.204 e. The van der Waals surface area contributed by atoms with Gasteiger partial charge in [0.15, 0.2) is 0 Å². The number of allylic oxidation sites excluding steroid dienone is 2. The summed E-state index contributed by atoms with van der Waals surface area (Å²) in [6.45, 7) is 3.31. The predicted molar refractivity (Wildman–Crippen MR) is 107 cm³/mol. The van der Waals surface area contributed by atoms with Gasteiger partial charge in [-0.3, -0.25) is 9.59 Å². The van der Waals surface area contributed by atoms with Crippen molar-refractivity contribution in [2.75, 3.05) is 56.2 Å². The predicted octanol–water partition coefficient (Wildman–Crippen LogP) is 0.123. The Bertz CT molecular complexity index is 737. The van der Waals surface area contributed by atoms with Gasteiger partial charge in [0.05, 0.1) is 31.2 Å². The quantitative estimate of drug-likeness (QED) is 0.395. The van der Waals surface area contributed by atoms with Gasteiger partial charge in [0, 0.05) is 49.7 Å². The molecule has 2 rings (SSSR count). The molecule has 0 saturated heterocycles. The van der Waals surface area contributed by atoms with E-state index >= 15 is 0 Å². The average molecular weight is 389 g/mol. The highest BCUT2D eigenvalue weighted by Gasteiger charge is 2.23. The Balaban J connectivity index is 2.10. The van der Waals surface area contributed by atoms with Gasteiger partial charge in [0.1, 0.15) is 0 Å². The van der Waals surface area contributed by atoms with E-state index < -0.39 is 0 Å². The van der Waals surface area contributed by atoms with E-state index in [2.05, 4.69) is 5.32 Å². The molecule has 0 fully saturated rings. The van der Waals surface area contributed by atoms with Crippen molar-refractivity contribution in [1.82, 2.24) is 4.90 Å². The SMILES string of the molecule is CCN(CCO)C1=CC(=O)C(Nc2ccc(N(CCO)CCO)cc2)=CC1=O. The van der Waals surface area contributed by atoms with Crippen molar-refractivity contribution in [3.05, 3.63) is 47.8 Å². The van der Waals surface area contributed by atoms with Crippen LogP contribution in [0.4, 0.5) is 11.4 Å². The van der Waals surface area contributed by atoms with Gasteiger partial charge in [-0.1, -0.05) is 0 Å². The van der Waals surface area contributed by atoms with E-state index in [0.717, 1.165) is 5.69 Å². The number of anilines is 2. The third-order valence-electron chi connectivity index (χ3n) is 4.40. The van der Waals surface area contributed by atoms with Crippen LogP contribution < -0.4 is 10.2 Å². The summed E-state index contributed by atoms with van der Waals surface area (Å²) in [6.07, 6.45) is 2.57. The van der Waals surface area contributed by atoms with Crippen molar-refractivity contribution >= 4 is 22.9 Å². The summed E-state index contributed by atoms with van der Waals surface area (Å²) in [5.74, 6) is -0.594. The number of ketones is 2. The number of aliphatic hydroxyl groups is 3. The minimum absolute atomic E-state index is 0.0246. The van der Waals surface area contributed by atoms with Crippen molar-refractivity contribution < 1.29 is 24.9 Å². The molecular weight excluding hydrogens is 362 g/mol. The van der Waals surface area contributed by atoms with Crippen molar-refractivity contribution in [1.29, 1.82) is 0 Å². The Labute approximate surface area is 164 Å². The highest BCUT2D eigenvalue weighted by molar-refractivity contribution is 6.20. The van der Waals surface area contributed by atoms with E-state index in [4.69, 9.17) is 15.3 Å². The summed E-state index contributed by atoms with van der Waals surface area (Å²) in [4.78, 5) is 28.3. The first-order valence-corrected chi connectivity index (χ1v) is 9.25. The lowest BCUT2D eigenvalue weighted by atomic mass is 10.0. The second kappa shape index (κ2) is 10.6. The topological polar surface area (TPSA) is 113 Å². The maximum atomic E-state index is 12.4. The third-order valence-corrected chi connectivity index (χ3v) is 4.40. The Kier molecular flexibility index (Phi) is 8.19. The third kappa shape index (κ3) is 5.41. The maximum absolute atomic E-state index is 12.4. The van der Waals surface area contributed by atoms with Crippen LogP contribution in [0.15, 0.2) is 47.8 Å². The van der Waals surface area contributed by atoms with E-state index in [9.17, 15) is 9.59 Å². The molecule has 152 valence electrons. The monoisotopic (exact) mass is 389 g/mol. The van der Waals surface area contributed by atoms with Gasteiger partial charge in [-0.2, -0.15) is 0 Å². The van der Waals surface area contributed by atoms with Gasteiger partial charge in [-0.15, -0.1) is 0 Å². The number of nitrogens with one attached hydrogen (secondary N) is 1. The number of hydrogen-bond donors (Lipinski definition) is 4. The molecule has 0 heterocycles.